The van der Waals surface area contributed by atoms with Gasteiger partial charge in [-0.05, 0) is 36.7 Å². The Labute approximate surface area is 119 Å². The van der Waals surface area contributed by atoms with Crippen LogP contribution in [0.1, 0.15) is 38.5 Å². The molecule has 1 spiro atoms. The molecule has 0 N–H and O–H groups in total. The summed E-state index contributed by atoms with van der Waals surface area (Å²) < 4.78 is 12.0. The fourth-order valence-corrected chi connectivity index (χ4v) is 5.15. The molecule has 4 aliphatic rings. The molecule has 0 bridgehead atoms. The van der Waals surface area contributed by atoms with Gasteiger partial charge >= 0.3 is 0 Å². The van der Waals surface area contributed by atoms with Crippen LogP contribution < -0.4 is 5.11 Å². The fourth-order valence-electron chi connectivity index (χ4n) is 5.15. The summed E-state index contributed by atoms with van der Waals surface area (Å²) in [4.78, 5) is 11.7. The quantitative estimate of drug-likeness (QED) is 0.671. The highest BCUT2D eigenvalue weighted by atomic mass is 16.7. The molecule has 4 heteroatoms. The SMILES string of the molecule is O=C1C=C([O-])C2C(C1)CC1(OCCO1)C1CCCCC21. The predicted octanol–water partition coefficient (Wildman–Crippen LogP) is 1.39. The molecule has 4 nitrogen and oxygen atoms in total. The highest BCUT2D eigenvalue weighted by Gasteiger charge is 2.57. The Kier molecular flexibility index (Phi) is 2.93. The van der Waals surface area contributed by atoms with Gasteiger partial charge in [0.1, 0.15) is 0 Å². The lowest BCUT2D eigenvalue weighted by Gasteiger charge is -2.56. The molecule has 0 amide bonds. The van der Waals surface area contributed by atoms with E-state index in [1.54, 1.807) is 0 Å². The molecular weight excluding hydrogens is 256 g/mol. The maximum atomic E-state index is 12.3. The van der Waals surface area contributed by atoms with Crippen molar-refractivity contribution in [3.63, 3.8) is 0 Å². The Morgan fingerprint density at radius 2 is 1.95 bits per heavy atom. The molecule has 0 aromatic heterocycles. The van der Waals surface area contributed by atoms with Gasteiger partial charge in [0.05, 0.1) is 13.2 Å². The maximum absolute atomic E-state index is 12.3. The summed E-state index contributed by atoms with van der Waals surface area (Å²) in [7, 11) is 0. The van der Waals surface area contributed by atoms with Crippen LogP contribution in [0.5, 0.6) is 0 Å². The van der Waals surface area contributed by atoms with Crippen molar-refractivity contribution in [2.75, 3.05) is 13.2 Å². The molecule has 3 aliphatic carbocycles. The normalized spacial score (nSPS) is 43.0. The third-order valence-corrected chi connectivity index (χ3v) is 5.77. The predicted molar refractivity (Wildman–Crippen MR) is 69.4 cm³/mol. The minimum absolute atomic E-state index is 0.0151. The van der Waals surface area contributed by atoms with Gasteiger partial charge in [-0.3, -0.25) is 4.79 Å². The molecule has 0 radical (unpaired) electrons. The number of hydrogen-bond donors (Lipinski definition) is 0. The van der Waals surface area contributed by atoms with Crippen molar-refractivity contribution in [1.82, 2.24) is 0 Å². The van der Waals surface area contributed by atoms with Gasteiger partial charge in [-0.2, -0.15) is 0 Å². The van der Waals surface area contributed by atoms with E-state index in [0.29, 0.717) is 31.5 Å². The van der Waals surface area contributed by atoms with Crippen LogP contribution in [-0.4, -0.2) is 24.8 Å². The summed E-state index contributed by atoms with van der Waals surface area (Å²) in [5, 5.41) is 12.3. The third kappa shape index (κ3) is 1.77. The Morgan fingerprint density at radius 3 is 2.75 bits per heavy atom. The zero-order chi connectivity index (χ0) is 13.7. The second kappa shape index (κ2) is 4.57. The van der Waals surface area contributed by atoms with E-state index < -0.39 is 5.79 Å². The first-order valence-corrected chi connectivity index (χ1v) is 7.89. The number of rotatable bonds is 0. The van der Waals surface area contributed by atoms with Gasteiger partial charge in [0.15, 0.2) is 11.6 Å². The van der Waals surface area contributed by atoms with Crippen molar-refractivity contribution in [3.8, 4) is 0 Å². The van der Waals surface area contributed by atoms with Crippen LogP contribution in [0.3, 0.4) is 0 Å². The number of hydrogen-bond acceptors (Lipinski definition) is 4. The summed E-state index contributed by atoms with van der Waals surface area (Å²) >= 11 is 0. The monoisotopic (exact) mass is 277 g/mol. The van der Waals surface area contributed by atoms with E-state index in [0.717, 1.165) is 19.3 Å². The molecule has 1 heterocycles. The van der Waals surface area contributed by atoms with Crippen molar-refractivity contribution in [3.05, 3.63) is 11.8 Å². The number of carbonyl (C=O) groups is 1. The topological polar surface area (TPSA) is 58.6 Å². The van der Waals surface area contributed by atoms with E-state index in [9.17, 15) is 9.90 Å². The summed E-state index contributed by atoms with van der Waals surface area (Å²) in [6.07, 6.45) is 7.12. The molecule has 110 valence electrons. The number of carbonyl (C=O) groups excluding carboxylic acids is 1. The number of allylic oxidation sites excluding steroid dienone is 2. The molecule has 1 saturated heterocycles. The lowest BCUT2D eigenvalue weighted by molar-refractivity contribution is -0.336. The van der Waals surface area contributed by atoms with Gasteiger partial charge in [-0.15, -0.1) is 5.76 Å². The smallest absolute Gasteiger partial charge is 0.171 e. The van der Waals surface area contributed by atoms with Crippen LogP contribution in [0.15, 0.2) is 11.8 Å². The van der Waals surface area contributed by atoms with Gasteiger partial charge in [-0.25, -0.2) is 0 Å². The molecular formula is C16H21O4-. The van der Waals surface area contributed by atoms with E-state index in [1.165, 1.54) is 18.9 Å². The molecule has 4 unspecified atom stereocenters. The average Bonchev–Trinajstić information content (AvgIpc) is 2.87. The molecule has 0 aromatic rings. The van der Waals surface area contributed by atoms with E-state index in [2.05, 4.69) is 0 Å². The number of ketones is 1. The highest BCUT2D eigenvalue weighted by Crippen LogP contribution is 2.56. The summed E-state index contributed by atoms with van der Waals surface area (Å²) in [6, 6.07) is 0. The first-order chi connectivity index (χ1) is 9.70. The summed E-state index contributed by atoms with van der Waals surface area (Å²) in [5.41, 5.74) is 0. The van der Waals surface area contributed by atoms with Gasteiger partial charge in [0, 0.05) is 18.8 Å². The minimum atomic E-state index is -0.496. The van der Waals surface area contributed by atoms with Crippen molar-refractivity contribution in [1.29, 1.82) is 0 Å². The Bertz CT molecular complexity index is 449. The van der Waals surface area contributed by atoms with Crippen LogP contribution >= 0.6 is 0 Å². The molecule has 3 fully saturated rings. The van der Waals surface area contributed by atoms with Crippen LogP contribution in [0.4, 0.5) is 0 Å². The van der Waals surface area contributed by atoms with Crippen molar-refractivity contribution >= 4 is 5.78 Å². The standard InChI is InChI=1S/C16H22O4/c17-11-7-10-9-16(19-5-6-20-16)13-4-2-1-3-12(13)15(10)14(18)8-11/h8,10,12-13,15,18H,1-7,9H2/p-1. The van der Waals surface area contributed by atoms with Gasteiger partial charge < -0.3 is 14.6 Å². The van der Waals surface area contributed by atoms with Crippen LogP contribution in [0.2, 0.25) is 0 Å². The van der Waals surface area contributed by atoms with Gasteiger partial charge in [0.2, 0.25) is 0 Å². The summed E-state index contributed by atoms with van der Waals surface area (Å²) in [6.45, 7) is 1.29. The Hall–Kier alpha value is -0.870. The van der Waals surface area contributed by atoms with E-state index >= 15 is 0 Å². The first-order valence-electron chi connectivity index (χ1n) is 7.89. The van der Waals surface area contributed by atoms with Crippen LogP contribution in [0.25, 0.3) is 0 Å². The van der Waals surface area contributed by atoms with E-state index in [4.69, 9.17) is 9.47 Å². The number of fused-ring (bicyclic) bond motifs is 4. The fraction of sp³-hybridized carbons (Fsp3) is 0.812. The molecule has 4 rings (SSSR count). The first kappa shape index (κ1) is 12.8. The zero-order valence-electron chi connectivity index (χ0n) is 11.7. The second-order valence-corrected chi connectivity index (χ2v) is 6.77. The highest BCUT2D eigenvalue weighted by molar-refractivity contribution is 5.91. The molecule has 0 aromatic carbocycles. The zero-order valence-corrected chi connectivity index (χ0v) is 11.7. The minimum Gasteiger partial charge on any atom is -0.875 e. The van der Waals surface area contributed by atoms with Crippen molar-refractivity contribution in [2.24, 2.45) is 23.7 Å². The Balaban J connectivity index is 1.72. The molecule has 1 aliphatic heterocycles. The van der Waals surface area contributed by atoms with Gasteiger partial charge in [0.25, 0.3) is 0 Å². The Morgan fingerprint density at radius 1 is 1.20 bits per heavy atom. The third-order valence-electron chi connectivity index (χ3n) is 5.77. The van der Waals surface area contributed by atoms with Crippen LogP contribution in [0, 0.1) is 23.7 Å². The molecule has 2 saturated carbocycles. The maximum Gasteiger partial charge on any atom is 0.171 e. The van der Waals surface area contributed by atoms with Crippen molar-refractivity contribution in [2.45, 2.75) is 44.3 Å². The average molecular weight is 277 g/mol. The lowest BCUT2D eigenvalue weighted by atomic mass is 9.56. The molecule has 4 atom stereocenters. The largest absolute Gasteiger partial charge is 0.875 e. The van der Waals surface area contributed by atoms with E-state index in [1.807, 2.05) is 0 Å². The van der Waals surface area contributed by atoms with Crippen molar-refractivity contribution < 1.29 is 19.4 Å². The van der Waals surface area contributed by atoms with E-state index in [-0.39, 0.29) is 23.4 Å². The lowest BCUT2D eigenvalue weighted by Crippen LogP contribution is -2.56. The molecule has 20 heavy (non-hydrogen) atoms. The van der Waals surface area contributed by atoms with Crippen LogP contribution in [-0.2, 0) is 14.3 Å². The second-order valence-electron chi connectivity index (χ2n) is 6.77. The number of ether oxygens (including phenoxy) is 2. The summed E-state index contributed by atoms with van der Waals surface area (Å²) in [5.74, 6) is 0.399. The van der Waals surface area contributed by atoms with Gasteiger partial charge in [-0.1, -0.05) is 12.8 Å².